The molecular formula is C27H27N5OS3. The molecule has 36 heavy (non-hydrogen) atoms. The van der Waals surface area contributed by atoms with Crippen LogP contribution in [0.2, 0.25) is 0 Å². The number of Topliss-reactive ketones (excluding diaryl/α,β-unsaturated/α-hetero) is 1. The molecule has 184 valence electrons. The van der Waals surface area contributed by atoms with Crippen LogP contribution in [0.25, 0.3) is 0 Å². The number of hydrogen-bond donors (Lipinski definition) is 1. The third kappa shape index (κ3) is 4.49. The molecule has 1 unspecified atom stereocenters. The summed E-state index contributed by atoms with van der Waals surface area (Å²) < 4.78 is 0.815. The van der Waals surface area contributed by atoms with Crippen LogP contribution in [0.15, 0.2) is 63.4 Å². The highest BCUT2D eigenvalue weighted by Crippen LogP contribution is 2.51. The molecule has 0 saturated carbocycles. The van der Waals surface area contributed by atoms with Crippen LogP contribution in [-0.2, 0) is 10.5 Å². The molecule has 0 saturated heterocycles. The second-order valence-corrected chi connectivity index (χ2v) is 13.6. The van der Waals surface area contributed by atoms with Gasteiger partial charge in [-0.25, -0.2) is 0 Å². The Morgan fingerprint density at radius 2 is 1.94 bits per heavy atom. The van der Waals surface area contributed by atoms with E-state index >= 15 is 0 Å². The zero-order valence-corrected chi connectivity index (χ0v) is 23.1. The molecule has 2 aliphatic rings. The first kappa shape index (κ1) is 24.8. The molecule has 0 bridgehead atoms. The van der Waals surface area contributed by atoms with Crippen LogP contribution in [0, 0.1) is 30.6 Å². The van der Waals surface area contributed by atoms with Crippen molar-refractivity contribution in [2.75, 3.05) is 4.90 Å². The van der Waals surface area contributed by atoms with Gasteiger partial charge in [-0.1, -0.05) is 67.3 Å². The second kappa shape index (κ2) is 9.51. The maximum Gasteiger partial charge on any atom is 0.219 e. The van der Waals surface area contributed by atoms with Gasteiger partial charge in [0.15, 0.2) is 10.1 Å². The number of thiophene rings is 1. The van der Waals surface area contributed by atoms with Crippen LogP contribution in [0.5, 0.6) is 0 Å². The number of nitrogens with zero attached hydrogens (tertiary/aromatic N) is 4. The second-order valence-electron chi connectivity index (χ2n) is 9.97. The van der Waals surface area contributed by atoms with Crippen LogP contribution in [0.1, 0.15) is 53.5 Å². The zero-order valence-electron chi connectivity index (χ0n) is 20.7. The Labute approximate surface area is 223 Å². The van der Waals surface area contributed by atoms with Gasteiger partial charge in [0.2, 0.25) is 5.13 Å². The van der Waals surface area contributed by atoms with Crippen LogP contribution >= 0.6 is 34.4 Å². The number of carbonyl (C=O) groups excluding carboxylic acids is 1. The largest absolute Gasteiger partial charge is 0.384 e. The van der Waals surface area contributed by atoms with E-state index in [9.17, 15) is 10.1 Å². The molecule has 5 rings (SSSR count). The summed E-state index contributed by atoms with van der Waals surface area (Å²) in [5.41, 5.74) is 10.6. The van der Waals surface area contributed by atoms with Gasteiger partial charge >= 0.3 is 0 Å². The van der Waals surface area contributed by atoms with Crippen LogP contribution < -0.4 is 10.6 Å². The van der Waals surface area contributed by atoms with E-state index in [1.54, 1.807) is 23.1 Å². The van der Waals surface area contributed by atoms with Gasteiger partial charge in [0, 0.05) is 33.2 Å². The van der Waals surface area contributed by atoms with E-state index in [2.05, 4.69) is 48.3 Å². The van der Waals surface area contributed by atoms with Crippen LogP contribution in [-0.4, -0.2) is 16.0 Å². The van der Waals surface area contributed by atoms with Gasteiger partial charge in [-0.3, -0.25) is 9.69 Å². The van der Waals surface area contributed by atoms with E-state index in [1.807, 2.05) is 36.9 Å². The van der Waals surface area contributed by atoms with E-state index in [0.717, 1.165) is 31.1 Å². The topological polar surface area (TPSA) is 95.9 Å². The van der Waals surface area contributed by atoms with Crippen molar-refractivity contribution in [2.24, 2.45) is 11.1 Å². The molecule has 0 spiro atoms. The molecule has 1 atom stereocenters. The van der Waals surface area contributed by atoms with Crippen molar-refractivity contribution in [3.63, 3.8) is 0 Å². The Morgan fingerprint density at radius 3 is 2.61 bits per heavy atom. The van der Waals surface area contributed by atoms with Crippen LogP contribution in [0.3, 0.4) is 0 Å². The summed E-state index contributed by atoms with van der Waals surface area (Å²) in [7, 11) is 0. The van der Waals surface area contributed by atoms with E-state index in [-0.39, 0.29) is 11.2 Å². The fourth-order valence-corrected chi connectivity index (χ4v) is 7.85. The summed E-state index contributed by atoms with van der Waals surface area (Å²) in [6.45, 7) is 8.29. The smallest absolute Gasteiger partial charge is 0.219 e. The summed E-state index contributed by atoms with van der Waals surface area (Å²) >= 11 is 4.73. The maximum atomic E-state index is 13.7. The SMILES string of the molecule is Cc1cc(C2C(C#N)=C(N)N(c3nnc(SCc4ccccc4)s3)C3=C2C(=O)CC(C)(C)C3)c(C)s1. The number of aryl methyl sites for hydroxylation is 2. The summed E-state index contributed by atoms with van der Waals surface area (Å²) in [5.74, 6) is 0.742. The molecule has 0 amide bonds. The Balaban J connectivity index is 1.59. The molecule has 2 aromatic heterocycles. The predicted molar refractivity (Wildman–Crippen MR) is 147 cm³/mol. The van der Waals surface area contributed by atoms with Gasteiger partial charge in [0.1, 0.15) is 5.82 Å². The molecule has 0 radical (unpaired) electrons. The van der Waals surface area contributed by atoms with Gasteiger partial charge in [0.25, 0.3) is 0 Å². The van der Waals surface area contributed by atoms with Crippen LogP contribution in [0.4, 0.5) is 5.13 Å². The molecular weight excluding hydrogens is 507 g/mol. The third-order valence-electron chi connectivity index (χ3n) is 6.56. The third-order valence-corrected chi connectivity index (χ3v) is 9.66. The molecule has 9 heteroatoms. The van der Waals surface area contributed by atoms with Crippen molar-refractivity contribution in [1.29, 1.82) is 5.26 Å². The van der Waals surface area contributed by atoms with Crippen molar-refractivity contribution < 1.29 is 4.79 Å². The highest BCUT2D eigenvalue weighted by molar-refractivity contribution is 8.00. The number of carbonyl (C=O) groups is 1. The van der Waals surface area contributed by atoms with Gasteiger partial charge in [-0.15, -0.1) is 21.5 Å². The quantitative estimate of drug-likeness (QED) is 0.377. The lowest BCUT2D eigenvalue weighted by molar-refractivity contribution is -0.118. The van der Waals surface area contributed by atoms with Gasteiger partial charge in [-0.2, -0.15) is 5.26 Å². The lowest BCUT2D eigenvalue weighted by atomic mass is 9.68. The highest BCUT2D eigenvalue weighted by atomic mass is 32.2. The highest BCUT2D eigenvalue weighted by Gasteiger charge is 2.46. The average molecular weight is 534 g/mol. The predicted octanol–water partition coefficient (Wildman–Crippen LogP) is 6.45. The number of nitrogens with two attached hydrogens (primary N) is 1. The van der Waals surface area contributed by atoms with E-state index in [1.165, 1.54) is 16.9 Å². The molecule has 6 nitrogen and oxygen atoms in total. The Morgan fingerprint density at radius 1 is 1.19 bits per heavy atom. The minimum Gasteiger partial charge on any atom is -0.384 e. The number of thioether (sulfide) groups is 1. The normalized spacial score (nSPS) is 19.5. The number of benzene rings is 1. The van der Waals surface area contributed by atoms with E-state index in [4.69, 9.17) is 5.73 Å². The van der Waals surface area contributed by atoms with Gasteiger partial charge in [0.05, 0.1) is 17.6 Å². The molecule has 2 N–H and O–H groups in total. The number of anilines is 1. The van der Waals surface area contributed by atoms with Crippen molar-refractivity contribution in [1.82, 2.24) is 10.2 Å². The standard InChI is InChI=1S/C27H27N5OS3/c1-15-10-18(16(2)35-15)22-19(13-28)24(29)32(20-11-27(3,4)12-21(33)23(20)22)25-30-31-26(36-25)34-14-17-8-6-5-7-9-17/h5-10,22H,11-12,14,29H2,1-4H3. The van der Waals surface area contributed by atoms with E-state index < -0.39 is 5.92 Å². The number of allylic oxidation sites excluding steroid dienone is 3. The summed E-state index contributed by atoms with van der Waals surface area (Å²) in [6, 6.07) is 14.6. The zero-order chi connectivity index (χ0) is 25.6. The number of aromatic nitrogens is 2. The van der Waals surface area contributed by atoms with Crippen molar-refractivity contribution in [3.05, 3.63) is 79.9 Å². The molecule has 3 heterocycles. The lowest BCUT2D eigenvalue weighted by Crippen LogP contribution is -2.42. The van der Waals surface area contributed by atoms with Crippen molar-refractivity contribution in [2.45, 2.75) is 56.5 Å². The summed E-state index contributed by atoms with van der Waals surface area (Å²) in [4.78, 5) is 17.7. The maximum absolute atomic E-state index is 13.7. The number of ketones is 1. The van der Waals surface area contributed by atoms with Crippen molar-refractivity contribution in [3.8, 4) is 6.07 Å². The van der Waals surface area contributed by atoms with Gasteiger partial charge in [-0.05, 0) is 42.9 Å². The minimum absolute atomic E-state index is 0.0722. The van der Waals surface area contributed by atoms with E-state index in [0.29, 0.717) is 34.9 Å². The Kier molecular flexibility index (Phi) is 6.54. The number of hydrogen-bond acceptors (Lipinski definition) is 9. The fourth-order valence-electron chi connectivity index (χ4n) is 5.05. The Hall–Kier alpha value is -2.93. The average Bonchev–Trinajstić information content (AvgIpc) is 3.42. The molecule has 1 aromatic carbocycles. The minimum atomic E-state index is -0.449. The monoisotopic (exact) mass is 533 g/mol. The first-order valence-electron chi connectivity index (χ1n) is 11.7. The number of rotatable bonds is 5. The summed E-state index contributed by atoms with van der Waals surface area (Å²) in [5, 5.41) is 19.7. The first-order valence-corrected chi connectivity index (χ1v) is 14.3. The fraction of sp³-hybridized carbons (Fsp3) is 0.333. The molecule has 3 aromatic rings. The first-order chi connectivity index (χ1) is 17.2. The Bertz CT molecular complexity index is 1440. The van der Waals surface area contributed by atoms with Gasteiger partial charge < -0.3 is 5.73 Å². The lowest BCUT2D eigenvalue weighted by Gasteiger charge is -2.42. The molecule has 1 aliphatic carbocycles. The van der Waals surface area contributed by atoms with Crippen molar-refractivity contribution >= 4 is 45.4 Å². The summed E-state index contributed by atoms with van der Waals surface area (Å²) in [6.07, 6.45) is 1.10. The number of nitriles is 1. The molecule has 0 fully saturated rings. The molecule has 1 aliphatic heterocycles.